The van der Waals surface area contributed by atoms with Crippen LogP contribution in [-0.4, -0.2) is 43.0 Å². The van der Waals surface area contributed by atoms with Crippen molar-refractivity contribution in [3.05, 3.63) is 120 Å². The van der Waals surface area contributed by atoms with E-state index in [1.807, 2.05) is 35.2 Å². The van der Waals surface area contributed by atoms with E-state index in [-0.39, 0.29) is 30.3 Å². The number of hydrogen-bond donors (Lipinski definition) is 1. The van der Waals surface area contributed by atoms with Gasteiger partial charge in [0.05, 0.1) is 19.4 Å². The number of carbonyl (C=O) groups is 2. The molecule has 1 aliphatic rings. The minimum Gasteiger partial charge on any atom is -0.469 e. The first kappa shape index (κ1) is 29.9. The van der Waals surface area contributed by atoms with E-state index in [2.05, 4.69) is 83.8 Å². The van der Waals surface area contributed by atoms with Gasteiger partial charge < -0.3 is 20.3 Å². The van der Waals surface area contributed by atoms with Gasteiger partial charge in [-0.1, -0.05) is 84.9 Å². The molecule has 2 atom stereocenters. The lowest BCUT2D eigenvalue weighted by Gasteiger charge is -2.30. The summed E-state index contributed by atoms with van der Waals surface area (Å²) >= 11 is 0. The van der Waals surface area contributed by atoms with Crippen molar-refractivity contribution in [3.63, 3.8) is 0 Å². The molecule has 43 heavy (non-hydrogen) atoms. The Balaban J connectivity index is 1.35. The Hall–Kier alpha value is -4.58. The van der Waals surface area contributed by atoms with E-state index in [9.17, 15) is 9.59 Å². The van der Waals surface area contributed by atoms with E-state index in [0.29, 0.717) is 13.0 Å². The molecule has 6 nitrogen and oxygen atoms in total. The molecule has 5 rings (SSSR count). The number of nitrogens with two attached hydrogens (primary N) is 1. The first-order chi connectivity index (χ1) is 21.0. The van der Waals surface area contributed by atoms with Crippen LogP contribution in [0.25, 0.3) is 11.1 Å². The highest BCUT2D eigenvalue weighted by Crippen LogP contribution is 2.32. The van der Waals surface area contributed by atoms with E-state index < -0.39 is 0 Å². The standard InChI is InChI=1S/C37H41N3O3/c1-43-36(41)26-32-25-35(40(37(32)42)21-10-15-28-11-4-2-5-12-28)20-22-39(27-29-13-6-3-7-14-29)34-19-9-17-31(24-34)30-16-8-18-33(38)23-30/h2-9,11-14,16-19,23-24,32,35H,10,15,20-22,25-27,38H2,1H3/t32-,35+/m0/s1. The van der Waals surface area contributed by atoms with Crippen molar-refractivity contribution in [1.82, 2.24) is 4.90 Å². The Morgan fingerprint density at radius 1 is 0.884 bits per heavy atom. The topological polar surface area (TPSA) is 75.9 Å². The van der Waals surface area contributed by atoms with E-state index >= 15 is 0 Å². The zero-order valence-electron chi connectivity index (χ0n) is 24.9. The Morgan fingerprint density at radius 2 is 1.56 bits per heavy atom. The Kier molecular flexibility index (Phi) is 10.1. The molecule has 1 fully saturated rings. The molecule has 0 spiro atoms. The van der Waals surface area contributed by atoms with Gasteiger partial charge in [0.2, 0.25) is 5.91 Å². The molecular formula is C37H41N3O3. The number of carbonyl (C=O) groups excluding carboxylic acids is 2. The maximum Gasteiger partial charge on any atom is 0.306 e. The zero-order valence-corrected chi connectivity index (χ0v) is 24.9. The second-order valence-electron chi connectivity index (χ2n) is 11.4. The number of ether oxygens (including phenoxy) is 1. The number of nitrogen functional groups attached to an aromatic ring is 1. The summed E-state index contributed by atoms with van der Waals surface area (Å²) < 4.78 is 4.92. The van der Waals surface area contributed by atoms with Gasteiger partial charge >= 0.3 is 5.97 Å². The third-order valence-corrected chi connectivity index (χ3v) is 8.36. The van der Waals surface area contributed by atoms with E-state index in [4.69, 9.17) is 10.5 Å². The van der Waals surface area contributed by atoms with Crippen LogP contribution in [0, 0.1) is 5.92 Å². The van der Waals surface area contributed by atoms with Gasteiger partial charge in [0.25, 0.3) is 0 Å². The van der Waals surface area contributed by atoms with Gasteiger partial charge in [-0.25, -0.2) is 0 Å². The predicted molar refractivity (Wildman–Crippen MR) is 173 cm³/mol. The Bertz CT molecular complexity index is 1490. The summed E-state index contributed by atoms with van der Waals surface area (Å²) in [6.07, 6.45) is 3.41. The highest BCUT2D eigenvalue weighted by atomic mass is 16.5. The van der Waals surface area contributed by atoms with Crippen molar-refractivity contribution in [2.24, 2.45) is 5.92 Å². The van der Waals surface area contributed by atoms with Crippen LogP contribution in [0.3, 0.4) is 0 Å². The molecule has 0 bridgehead atoms. The summed E-state index contributed by atoms with van der Waals surface area (Å²) in [5, 5.41) is 0. The molecular weight excluding hydrogens is 534 g/mol. The Labute approximate surface area is 255 Å². The number of hydrogen-bond acceptors (Lipinski definition) is 5. The third kappa shape index (κ3) is 8.04. The van der Waals surface area contributed by atoms with Crippen LogP contribution in [0.5, 0.6) is 0 Å². The van der Waals surface area contributed by atoms with Gasteiger partial charge in [0.1, 0.15) is 0 Å². The van der Waals surface area contributed by atoms with E-state index in [1.165, 1.54) is 18.2 Å². The molecule has 2 N–H and O–H groups in total. The quantitative estimate of drug-likeness (QED) is 0.141. The molecule has 0 aliphatic carbocycles. The molecule has 4 aromatic carbocycles. The van der Waals surface area contributed by atoms with Crippen LogP contribution >= 0.6 is 0 Å². The highest BCUT2D eigenvalue weighted by Gasteiger charge is 2.40. The number of methoxy groups -OCH3 is 1. The third-order valence-electron chi connectivity index (χ3n) is 8.36. The number of benzene rings is 4. The van der Waals surface area contributed by atoms with E-state index in [0.717, 1.165) is 54.9 Å². The number of esters is 1. The predicted octanol–water partition coefficient (Wildman–Crippen LogP) is 6.75. The minimum absolute atomic E-state index is 0.0632. The number of amides is 1. The molecule has 6 heteroatoms. The van der Waals surface area contributed by atoms with Crippen LogP contribution in [-0.2, 0) is 27.3 Å². The van der Waals surface area contributed by atoms with Crippen molar-refractivity contribution in [2.45, 2.75) is 44.7 Å². The maximum atomic E-state index is 13.5. The summed E-state index contributed by atoms with van der Waals surface area (Å²) in [5.41, 5.74) is 12.6. The fraction of sp³-hybridized carbons (Fsp3) is 0.297. The van der Waals surface area contributed by atoms with Gasteiger partial charge in [-0.3, -0.25) is 9.59 Å². The molecule has 0 saturated carbocycles. The van der Waals surface area contributed by atoms with Crippen LogP contribution in [0.1, 0.15) is 36.8 Å². The molecule has 0 unspecified atom stereocenters. The number of anilines is 2. The lowest BCUT2D eigenvalue weighted by atomic mass is 9.99. The maximum absolute atomic E-state index is 13.5. The zero-order chi connectivity index (χ0) is 30.0. The second-order valence-corrected chi connectivity index (χ2v) is 11.4. The molecule has 1 saturated heterocycles. The number of rotatable bonds is 13. The van der Waals surface area contributed by atoms with Crippen molar-refractivity contribution in [1.29, 1.82) is 0 Å². The molecule has 1 aliphatic heterocycles. The summed E-state index contributed by atoms with van der Waals surface area (Å²) in [6.45, 7) is 2.20. The molecule has 222 valence electrons. The SMILES string of the molecule is COC(=O)C[C@@H]1C[C@@H](CCN(Cc2ccccc2)c2cccc(-c3cccc(N)c3)c2)N(CCCc2ccccc2)C1=O. The summed E-state index contributed by atoms with van der Waals surface area (Å²) in [7, 11) is 1.39. The molecule has 0 radical (unpaired) electrons. The van der Waals surface area contributed by atoms with Gasteiger partial charge in [0, 0.05) is 37.1 Å². The average molecular weight is 576 g/mol. The van der Waals surface area contributed by atoms with E-state index in [1.54, 1.807) is 0 Å². The first-order valence-corrected chi connectivity index (χ1v) is 15.2. The average Bonchev–Trinajstić information content (AvgIpc) is 3.33. The van der Waals surface area contributed by atoms with Crippen molar-refractivity contribution >= 4 is 23.3 Å². The van der Waals surface area contributed by atoms with Crippen molar-refractivity contribution in [3.8, 4) is 11.1 Å². The Morgan fingerprint density at radius 3 is 2.26 bits per heavy atom. The molecule has 1 amide bonds. The van der Waals surface area contributed by atoms with Crippen LogP contribution in [0.2, 0.25) is 0 Å². The van der Waals surface area contributed by atoms with Gasteiger partial charge in [-0.05, 0) is 72.2 Å². The van der Waals surface area contributed by atoms with Crippen LogP contribution in [0.4, 0.5) is 11.4 Å². The summed E-state index contributed by atoms with van der Waals surface area (Å²) in [4.78, 5) is 30.1. The lowest BCUT2D eigenvalue weighted by Crippen LogP contribution is -2.37. The first-order valence-electron chi connectivity index (χ1n) is 15.2. The monoisotopic (exact) mass is 575 g/mol. The number of nitrogens with zero attached hydrogens (tertiary/aromatic N) is 2. The smallest absolute Gasteiger partial charge is 0.306 e. The summed E-state index contributed by atoms with van der Waals surface area (Å²) in [5.74, 6) is -0.586. The fourth-order valence-electron chi connectivity index (χ4n) is 6.10. The molecule has 4 aromatic rings. The fourth-order valence-corrected chi connectivity index (χ4v) is 6.10. The number of aryl methyl sites for hydroxylation is 1. The van der Waals surface area contributed by atoms with Crippen molar-refractivity contribution < 1.29 is 14.3 Å². The van der Waals surface area contributed by atoms with Gasteiger partial charge in [-0.2, -0.15) is 0 Å². The van der Waals surface area contributed by atoms with Crippen LogP contribution in [0.15, 0.2) is 109 Å². The molecule has 0 aromatic heterocycles. The second kappa shape index (κ2) is 14.5. The minimum atomic E-state index is -0.330. The van der Waals surface area contributed by atoms with Gasteiger partial charge in [0.15, 0.2) is 0 Å². The summed E-state index contributed by atoms with van der Waals surface area (Å²) in [6, 6.07) is 37.4. The normalized spacial score (nSPS) is 16.3. The highest BCUT2D eigenvalue weighted by molar-refractivity contribution is 5.86. The molecule has 1 heterocycles. The lowest BCUT2D eigenvalue weighted by molar-refractivity contribution is -0.144. The largest absolute Gasteiger partial charge is 0.469 e. The van der Waals surface area contributed by atoms with Crippen molar-refractivity contribution in [2.75, 3.05) is 30.8 Å². The van der Waals surface area contributed by atoms with Gasteiger partial charge in [-0.15, -0.1) is 0 Å². The van der Waals surface area contributed by atoms with Crippen LogP contribution < -0.4 is 10.6 Å². The number of likely N-dealkylation sites (tertiary alicyclic amines) is 1.